The maximum atomic E-state index is 13.3. The molecule has 0 saturated carbocycles. The highest BCUT2D eigenvalue weighted by Gasteiger charge is 2.40. The van der Waals surface area contributed by atoms with Crippen molar-refractivity contribution in [3.63, 3.8) is 0 Å². The molecule has 47 heavy (non-hydrogen) atoms. The second-order valence-corrected chi connectivity index (χ2v) is 13.2. The van der Waals surface area contributed by atoms with Crippen LogP contribution in [0.3, 0.4) is 0 Å². The van der Waals surface area contributed by atoms with Gasteiger partial charge in [0.05, 0.1) is 41.7 Å². The van der Waals surface area contributed by atoms with Crippen molar-refractivity contribution < 1.29 is 19.1 Å². The first-order valence-electron chi connectivity index (χ1n) is 16.0. The molecule has 1 saturated heterocycles. The maximum Gasteiger partial charge on any atom is 0.343 e. The summed E-state index contributed by atoms with van der Waals surface area (Å²) < 4.78 is 11.4. The van der Waals surface area contributed by atoms with E-state index in [9.17, 15) is 9.59 Å². The van der Waals surface area contributed by atoms with E-state index in [2.05, 4.69) is 52.9 Å². The summed E-state index contributed by atoms with van der Waals surface area (Å²) in [7, 11) is 5.74. The number of benzene rings is 1. The third-order valence-corrected chi connectivity index (χ3v) is 8.66. The fraction of sp³-hybridized carbons (Fsp3) is 0.457. The van der Waals surface area contributed by atoms with E-state index in [0.29, 0.717) is 35.5 Å². The van der Waals surface area contributed by atoms with Gasteiger partial charge in [-0.2, -0.15) is 4.98 Å². The third kappa shape index (κ3) is 7.17. The van der Waals surface area contributed by atoms with Crippen LogP contribution in [0, 0.1) is 6.92 Å². The Labute approximate surface area is 277 Å². The number of likely N-dealkylation sites (N-methyl/N-ethyl adjacent to an activating group) is 2. The van der Waals surface area contributed by atoms with Gasteiger partial charge in [0.1, 0.15) is 11.3 Å². The first-order chi connectivity index (χ1) is 22.3. The molecule has 3 aromatic rings. The summed E-state index contributed by atoms with van der Waals surface area (Å²) in [6, 6.07) is 8.05. The van der Waals surface area contributed by atoms with Gasteiger partial charge in [0.2, 0.25) is 11.9 Å². The van der Waals surface area contributed by atoms with E-state index >= 15 is 0 Å². The number of aromatic nitrogens is 3. The molecule has 2 aliphatic rings. The molecule has 0 unspecified atom stereocenters. The molecule has 2 aliphatic heterocycles. The molecule has 2 aromatic heterocycles. The standard InChI is InChI=1S/C35H46N8O4/c1-10-30(44)38-25-16-26(29(46-9)17-28(25)42(8)19-23-12-11-15-41(23)7)39-34-36-18-24(33(45)47-21(2)3)32(40-34)43-20-35(5,6)31-27(43)14-13-22(4)37-31/h10,13-14,16-18,21,23H,1,11-12,15,19-20H2,2-9H3,(H,38,44)(H,36,39,40)/t23-/m0/s1. The van der Waals surface area contributed by atoms with Crippen LogP contribution in [0.25, 0.3) is 0 Å². The minimum atomic E-state index is -0.514. The first-order valence-corrected chi connectivity index (χ1v) is 16.0. The minimum absolute atomic E-state index is 0.236. The molecule has 4 heterocycles. The number of aryl methyl sites for hydroxylation is 1. The van der Waals surface area contributed by atoms with Crippen LogP contribution >= 0.6 is 0 Å². The number of fused-ring (bicyclic) bond motifs is 1. The molecule has 1 atom stereocenters. The van der Waals surface area contributed by atoms with Gasteiger partial charge in [-0.1, -0.05) is 20.4 Å². The van der Waals surface area contributed by atoms with Gasteiger partial charge in [-0.05, 0) is 71.5 Å². The number of methoxy groups -OCH3 is 1. The number of nitrogens with one attached hydrogen (secondary N) is 2. The van der Waals surface area contributed by atoms with Gasteiger partial charge in [-0.25, -0.2) is 9.78 Å². The lowest BCUT2D eigenvalue weighted by atomic mass is 9.91. The Morgan fingerprint density at radius 1 is 1.21 bits per heavy atom. The van der Waals surface area contributed by atoms with Crippen molar-refractivity contribution in [1.82, 2.24) is 19.9 Å². The Kier molecular flexibility index (Phi) is 9.71. The number of carbonyl (C=O) groups excluding carboxylic acids is 2. The number of nitrogens with zero attached hydrogens (tertiary/aromatic N) is 6. The molecule has 1 fully saturated rings. The Morgan fingerprint density at radius 2 is 1.98 bits per heavy atom. The minimum Gasteiger partial charge on any atom is -0.494 e. The largest absolute Gasteiger partial charge is 0.494 e. The number of hydrogen-bond acceptors (Lipinski definition) is 11. The highest BCUT2D eigenvalue weighted by atomic mass is 16.5. The number of ether oxygens (including phenoxy) is 2. The smallest absolute Gasteiger partial charge is 0.343 e. The van der Waals surface area contributed by atoms with Crippen LogP contribution in [0.2, 0.25) is 0 Å². The monoisotopic (exact) mass is 642 g/mol. The van der Waals surface area contributed by atoms with E-state index in [4.69, 9.17) is 19.4 Å². The zero-order valence-electron chi connectivity index (χ0n) is 28.7. The lowest BCUT2D eigenvalue weighted by Crippen LogP contribution is -2.37. The van der Waals surface area contributed by atoms with Crippen LogP contribution in [0.4, 0.5) is 34.5 Å². The van der Waals surface area contributed by atoms with E-state index in [-0.39, 0.29) is 28.9 Å². The van der Waals surface area contributed by atoms with Crippen LogP contribution in [0.5, 0.6) is 5.75 Å². The van der Waals surface area contributed by atoms with Gasteiger partial charge in [-0.3, -0.25) is 9.78 Å². The summed E-state index contributed by atoms with van der Waals surface area (Å²) in [5.74, 6) is 0.325. The highest BCUT2D eigenvalue weighted by Crippen LogP contribution is 2.44. The molecule has 5 rings (SSSR count). The molecule has 0 bridgehead atoms. The second kappa shape index (κ2) is 13.6. The van der Waals surface area contributed by atoms with E-state index in [1.807, 2.05) is 37.1 Å². The fourth-order valence-electron chi connectivity index (χ4n) is 6.25. The molecule has 0 aliphatic carbocycles. The summed E-state index contributed by atoms with van der Waals surface area (Å²) in [4.78, 5) is 46.6. The van der Waals surface area contributed by atoms with Crippen molar-refractivity contribution in [2.45, 2.75) is 65.0 Å². The van der Waals surface area contributed by atoms with E-state index in [1.54, 1.807) is 27.0 Å². The lowest BCUT2D eigenvalue weighted by Gasteiger charge is -2.29. The topological polar surface area (TPSA) is 125 Å². The van der Waals surface area contributed by atoms with Crippen molar-refractivity contribution in [2.75, 3.05) is 61.3 Å². The molecule has 12 heteroatoms. The molecule has 250 valence electrons. The predicted molar refractivity (Wildman–Crippen MR) is 186 cm³/mol. The van der Waals surface area contributed by atoms with Gasteiger partial charge in [0.25, 0.3) is 0 Å². The Bertz CT molecular complexity index is 1670. The molecule has 12 nitrogen and oxygen atoms in total. The molecule has 1 aromatic carbocycles. The fourth-order valence-corrected chi connectivity index (χ4v) is 6.25. The number of likely N-dealkylation sites (tertiary alicyclic amines) is 1. The van der Waals surface area contributed by atoms with Crippen LogP contribution in [0.1, 0.15) is 62.3 Å². The molecule has 2 N–H and O–H groups in total. The summed E-state index contributed by atoms with van der Waals surface area (Å²) >= 11 is 0. The van der Waals surface area contributed by atoms with E-state index in [0.717, 1.165) is 48.7 Å². The van der Waals surface area contributed by atoms with Crippen LogP contribution in [0.15, 0.2) is 43.1 Å². The number of anilines is 6. The van der Waals surface area contributed by atoms with Crippen molar-refractivity contribution in [3.8, 4) is 5.75 Å². The van der Waals surface area contributed by atoms with Crippen molar-refractivity contribution in [3.05, 3.63) is 60.1 Å². The SMILES string of the molecule is C=CC(=O)Nc1cc(Nc2ncc(C(=O)OC(C)C)c(N3CC(C)(C)c4nc(C)ccc43)n2)c(OC)cc1N(C)C[C@@H]1CCCN1C. The average molecular weight is 643 g/mol. The Balaban J connectivity index is 1.56. The summed E-state index contributed by atoms with van der Waals surface area (Å²) in [6.45, 7) is 15.8. The zero-order chi connectivity index (χ0) is 34.0. The molecule has 0 spiro atoms. The Morgan fingerprint density at radius 3 is 2.64 bits per heavy atom. The Hall–Kier alpha value is -4.71. The first kappa shape index (κ1) is 33.6. The van der Waals surface area contributed by atoms with E-state index < -0.39 is 5.97 Å². The molecular formula is C35H46N8O4. The van der Waals surface area contributed by atoms with Crippen molar-refractivity contribution in [2.24, 2.45) is 0 Å². The highest BCUT2D eigenvalue weighted by molar-refractivity contribution is 6.02. The number of carbonyl (C=O) groups is 2. The third-order valence-electron chi connectivity index (χ3n) is 8.66. The predicted octanol–water partition coefficient (Wildman–Crippen LogP) is 5.58. The van der Waals surface area contributed by atoms with Crippen molar-refractivity contribution >= 4 is 46.4 Å². The zero-order valence-corrected chi connectivity index (χ0v) is 28.7. The maximum absolute atomic E-state index is 13.3. The second-order valence-electron chi connectivity index (χ2n) is 13.2. The van der Waals surface area contributed by atoms with Gasteiger partial charge >= 0.3 is 5.97 Å². The average Bonchev–Trinajstić information content (AvgIpc) is 3.54. The quantitative estimate of drug-likeness (QED) is 0.201. The van der Waals surface area contributed by atoms with Crippen LogP contribution < -0.4 is 25.2 Å². The molecule has 0 radical (unpaired) electrons. The lowest BCUT2D eigenvalue weighted by molar-refractivity contribution is -0.111. The van der Waals surface area contributed by atoms with Gasteiger partial charge in [0, 0.05) is 49.6 Å². The van der Waals surface area contributed by atoms with Crippen molar-refractivity contribution in [1.29, 1.82) is 0 Å². The van der Waals surface area contributed by atoms with E-state index in [1.165, 1.54) is 12.3 Å². The number of hydrogen-bond donors (Lipinski definition) is 2. The summed E-state index contributed by atoms with van der Waals surface area (Å²) in [6.07, 6.45) is 4.67. The number of pyridine rings is 1. The van der Waals surface area contributed by atoms with Gasteiger partial charge in [-0.15, -0.1) is 0 Å². The summed E-state index contributed by atoms with van der Waals surface area (Å²) in [5.41, 5.74) is 4.58. The summed E-state index contributed by atoms with van der Waals surface area (Å²) in [5, 5.41) is 6.23. The van der Waals surface area contributed by atoms with Crippen LogP contribution in [-0.4, -0.2) is 84.7 Å². The number of amides is 1. The number of esters is 1. The molecule has 1 amide bonds. The van der Waals surface area contributed by atoms with Gasteiger partial charge in [0.15, 0.2) is 5.82 Å². The van der Waals surface area contributed by atoms with Gasteiger partial charge < -0.3 is 34.8 Å². The normalized spacial score (nSPS) is 17.0. The molecular weight excluding hydrogens is 596 g/mol. The number of rotatable bonds is 11. The van der Waals surface area contributed by atoms with Crippen LogP contribution in [-0.2, 0) is 14.9 Å².